The minimum absolute atomic E-state index is 0.541. The van der Waals surface area contributed by atoms with Gasteiger partial charge in [-0.05, 0) is 25.1 Å². The lowest BCUT2D eigenvalue weighted by atomic mass is 10.3. The minimum Gasteiger partial charge on any atom is -0.493 e. The molecule has 1 aromatic heterocycles. The summed E-state index contributed by atoms with van der Waals surface area (Å²) < 4.78 is 11.2. The van der Waals surface area contributed by atoms with E-state index in [-0.39, 0.29) is 0 Å². The van der Waals surface area contributed by atoms with Crippen LogP contribution in [-0.2, 0) is 12.8 Å². The zero-order chi connectivity index (χ0) is 14.0. The summed E-state index contributed by atoms with van der Waals surface area (Å²) in [5, 5.41) is 11.4. The second kappa shape index (κ2) is 8.32. The summed E-state index contributed by atoms with van der Waals surface area (Å²) in [6.45, 7) is 4.58. The number of hydrogen-bond donors (Lipinski definition) is 1. The quantitative estimate of drug-likeness (QED) is 0.711. The summed E-state index contributed by atoms with van der Waals surface area (Å²) in [5.74, 6) is 2.17. The van der Waals surface area contributed by atoms with Crippen LogP contribution in [0.15, 0.2) is 34.7 Å². The molecule has 20 heavy (non-hydrogen) atoms. The van der Waals surface area contributed by atoms with Crippen molar-refractivity contribution >= 4 is 0 Å². The van der Waals surface area contributed by atoms with Gasteiger partial charge in [0.25, 0.3) is 0 Å². The Morgan fingerprint density at radius 1 is 1.05 bits per heavy atom. The van der Waals surface area contributed by atoms with Gasteiger partial charge in [-0.1, -0.05) is 25.1 Å². The van der Waals surface area contributed by atoms with Crippen LogP contribution in [0.1, 0.15) is 25.1 Å². The molecular formula is C15H21N3O2. The monoisotopic (exact) mass is 275 g/mol. The summed E-state index contributed by atoms with van der Waals surface area (Å²) >= 11 is 0. The smallest absolute Gasteiger partial charge is 0.219 e. The second-order valence-electron chi connectivity index (χ2n) is 4.50. The van der Waals surface area contributed by atoms with Gasteiger partial charge in [-0.15, -0.1) is 10.2 Å². The van der Waals surface area contributed by atoms with Crippen LogP contribution in [0.2, 0.25) is 0 Å². The summed E-state index contributed by atoms with van der Waals surface area (Å²) in [4.78, 5) is 0. The average molecular weight is 275 g/mol. The Kier molecular flexibility index (Phi) is 6.05. The van der Waals surface area contributed by atoms with Crippen LogP contribution in [0, 0.1) is 0 Å². The van der Waals surface area contributed by atoms with Crippen molar-refractivity contribution in [1.82, 2.24) is 15.5 Å². The number of para-hydroxylation sites is 1. The minimum atomic E-state index is 0.541. The van der Waals surface area contributed by atoms with Crippen LogP contribution >= 0.6 is 0 Å². The summed E-state index contributed by atoms with van der Waals surface area (Å²) in [5.41, 5.74) is 0. The molecule has 0 bridgehead atoms. The first kappa shape index (κ1) is 14.5. The van der Waals surface area contributed by atoms with E-state index in [0.29, 0.717) is 24.8 Å². The van der Waals surface area contributed by atoms with Crippen molar-refractivity contribution in [1.29, 1.82) is 0 Å². The maximum Gasteiger partial charge on any atom is 0.219 e. The Bertz CT molecular complexity index is 485. The van der Waals surface area contributed by atoms with Crippen LogP contribution in [0.5, 0.6) is 5.75 Å². The van der Waals surface area contributed by atoms with Gasteiger partial charge >= 0.3 is 0 Å². The number of nitrogens with one attached hydrogen (secondary N) is 1. The first-order valence-corrected chi connectivity index (χ1v) is 7.08. The summed E-state index contributed by atoms with van der Waals surface area (Å²) in [7, 11) is 0. The van der Waals surface area contributed by atoms with Gasteiger partial charge in [-0.3, -0.25) is 0 Å². The highest BCUT2D eigenvalue weighted by Gasteiger charge is 2.05. The first-order chi connectivity index (χ1) is 9.88. The lowest BCUT2D eigenvalue weighted by Gasteiger charge is -2.03. The number of nitrogens with zero attached hydrogens (tertiary/aromatic N) is 2. The van der Waals surface area contributed by atoms with Gasteiger partial charge in [0, 0.05) is 13.0 Å². The Morgan fingerprint density at radius 3 is 2.55 bits per heavy atom. The predicted octanol–water partition coefficient (Wildman–Crippen LogP) is 2.23. The molecule has 0 aliphatic carbocycles. The standard InChI is InChI=1S/C15H21N3O2/c1-2-10-16-11-8-14-17-18-15(20-14)9-12-19-13-6-4-3-5-7-13/h3-7,16H,2,8-12H2,1H3. The molecule has 1 N–H and O–H groups in total. The largest absolute Gasteiger partial charge is 0.493 e. The molecule has 0 aliphatic heterocycles. The lowest BCUT2D eigenvalue weighted by molar-refractivity contribution is 0.303. The lowest BCUT2D eigenvalue weighted by Crippen LogP contribution is -2.17. The van der Waals surface area contributed by atoms with Crippen LogP contribution in [0.3, 0.4) is 0 Å². The molecule has 0 aliphatic rings. The fourth-order valence-electron chi connectivity index (χ4n) is 1.76. The highest BCUT2D eigenvalue weighted by Crippen LogP contribution is 2.09. The first-order valence-electron chi connectivity index (χ1n) is 7.08. The Labute approximate surface area is 119 Å². The molecule has 0 saturated heterocycles. The molecule has 0 atom stereocenters. The van der Waals surface area contributed by atoms with Crippen molar-refractivity contribution < 1.29 is 9.15 Å². The van der Waals surface area contributed by atoms with Gasteiger partial charge in [-0.2, -0.15) is 0 Å². The maximum absolute atomic E-state index is 5.59. The normalized spacial score (nSPS) is 10.7. The highest BCUT2D eigenvalue weighted by atomic mass is 16.5. The van der Waals surface area contributed by atoms with E-state index in [1.54, 1.807) is 0 Å². The number of hydrogen-bond acceptors (Lipinski definition) is 5. The van der Waals surface area contributed by atoms with Crippen molar-refractivity contribution in [3.63, 3.8) is 0 Å². The SMILES string of the molecule is CCCNCCc1nnc(CCOc2ccccc2)o1. The van der Waals surface area contributed by atoms with E-state index in [2.05, 4.69) is 22.4 Å². The molecule has 1 heterocycles. The third kappa shape index (κ3) is 5.01. The molecule has 2 rings (SSSR count). The van der Waals surface area contributed by atoms with Gasteiger partial charge < -0.3 is 14.5 Å². The van der Waals surface area contributed by atoms with Crippen molar-refractivity contribution in [3.05, 3.63) is 42.1 Å². The molecule has 5 heteroatoms. The fourth-order valence-corrected chi connectivity index (χ4v) is 1.76. The molecule has 0 fully saturated rings. The van der Waals surface area contributed by atoms with E-state index in [0.717, 1.165) is 31.7 Å². The van der Waals surface area contributed by atoms with E-state index in [1.165, 1.54) is 0 Å². The molecule has 0 saturated carbocycles. The van der Waals surface area contributed by atoms with Gasteiger partial charge in [0.05, 0.1) is 13.0 Å². The average Bonchev–Trinajstić information content (AvgIpc) is 2.93. The Hall–Kier alpha value is -1.88. The summed E-state index contributed by atoms with van der Waals surface area (Å²) in [6.07, 6.45) is 2.53. The zero-order valence-corrected chi connectivity index (χ0v) is 11.8. The fraction of sp³-hybridized carbons (Fsp3) is 0.467. The van der Waals surface area contributed by atoms with Crippen LogP contribution in [0.25, 0.3) is 0 Å². The van der Waals surface area contributed by atoms with Crippen molar-refractivity contribution in [2.24, 2.45) is 0 Å². The van der Waals surface area contributed by atoms with Gasteiger partial charge in [0.15, 0.2) is 0 Å². The Balaban J connectivity index is 1.67. The third-order valence-electron chi connectivity index (χ3n) is 2.78. The van der Waals surface area contributed by atoms with Gasteiger partial charge in [0.1, 0.15) is 5.75 Å². The Morgan fingerprint density at radius 2 is 1.80 bits per heavy atom. The topological polar surface area (TPSA) is 60.2 Å². The highest BCUT2D eigenvalue weighted by molar-refractivity contribution is 5.20. The van der Waals surface area contributed by atoms with E-state index < -0.39 is 0 Å². The molecule has 0 spiro atoms. The second-order valence-corrected chi connectivity index (χ2v) is 4.50. The number of rotatable bonds is 9. The molecule has 1 aromatic carbocycles. The van der Waals surface area contributed by atoms with Gasteiger partial charge in [0.2, 0.25) is 11.8 Å². The van der Waals surface area contributed by atoms with Crippen molar-refractivity contribution in [3.8, 4) is 5.75 Å². The molecule has 0 unspecified atom stereocenters. The molecular weight excluding hydrogens is 254 g/mol. The predicted molar refractivity (Wildman–Crippen MR) is 76.8 cm³/mol. The number of aromatic nitrogens is 2. The van der Waals surface area contributed by atoms with E-state index in [4.69, 9.17) is 9.15 Å². The van der Waals surface area contributed by atoms with Crippen LogP contribution < -0.4 is 10.1 Å². The third-order valence-corrected chi connectivity index (χ3v) is 2.78. The van der Waals surface area contributed by atoms with E-state index in [1.807, 2.05) is 30.3 Å². The number of ether oxygens (including phenoxy) is 1. The molecule has 108 valence electrons. The van der Waals surface area contributed by atoms with E-state index >= 15 is 0 Å². The van der Waals surface area contributed by atoms with Gasteiger partial charge in [-0.25, -0.2) is 0 Å². The summed E-state index contributed by atoms with van der Waals surface area (Å²) in [6, 6.07) is 9.72. The maximum atomic E-state index is 5.59. The number of benzene rings is 1. The zero-order valence-electron chi connectivity index (χ0n) is 11.8. The van der Waals surface area contributed by atoms with Crippen molar-refractivity contribution in [2.45, 2.75) is 26.2 Å². The van der Waals surface area contributed by atoms with Crippen LogP contribution in [0.4, 0.5) is 0 Å². The molecule has 2 aromatic rings. The molecule has 5 nitrogen and oxygen atoms in total. The molecule has 0 amide bonds. The molecule has 0 radical (unpaired) electrons. The van der Waals surface area contributed by atoms with E-state index in [9.17, 15) is 0 Å². The van der Waals surface area contributed by atoms with Crippen molar-refractivity contribution in [2.75, 3.05) is 19.7 Å². The van der Waals surface area contributed by atoms with Crippen LogP contribution in [-0.4, -0.2) is 29.9 Å².